The van der Waals surface area contributed by atoms with Gasteiger partial charge in [-0.3, -0.25) is 19.6 Å². The van der Waals surface area contributed by atoms with Gasteiger partial charge in [0.2, 0.25) is 0 Å². The summed E-state index contributed by atoms with van der Waals surface area (Å²) in [6.45, 7) is 3.86. The lowest BCUT2D eigenvalue weighted by Crippen LogP contribution is -2.39. The van der Waals surface area contributed by atoms with E-state index >= 15 is 0 Å². The van der Waals surface area contributed by atoms with Crippen molar-refractivity contribution in [3.63, 3.8) is 0 Å². The third-order valence-electron chi connectivity index (χ3n) is 4.21. The van der Waals surface area contributed by atoms with E-state index in [2.05, 4.69) is 21.9 Å². The molecule has 8 nitrogen and oxygen atoms in total. The lowest BCUT2D eigenvalue weighted by atomic mass is 9.77. The Morgan fingerprint density at radius 3 is 2.40 bits per heavy atom. The van der Waals surface area contributed by atoms with Gasteiger partial charge in [0.05, 0.1) is 19.8 Å². The maximum atomic E-state index is 12.4. The minimum absolute atomic E-state index is 0.222. The standard InChI is InChI=1S/C17H17N3O5/c1-8-11(16(22)25-3)12(9-4-6-10(24-2)7-5-9)13-14(18-8)19-17(23)20-15(13)21/h4-7,11-12H,1H2,2-3H3,(H3,18,19,20,21,23)/t11-,12+/m0/s1. The number of benzene rings is 1. The van der Waals surface area contributed by atoms with Gasteiger partial charge in [-0.25, -0.2) is 4.79 Å². The summed E-state index contributed by atoms with van der Waals surface area (Å²) < 4.78 is 10.0. The fourth-order valence-electron chi connectivity index (χ4n) is 3.07. The number of methoxy groups -OCH3 is 2. The van der Waals surface area contributed by atoms with Crippen LogP contribution < -0.4 is 21.3 Å². The number of nitrogens with one attached hydrogen (secondary N) is 3. The Morgan fingerprint density at radius 2 is 1.80 bits per heavy atom. The molecule has 25 heavy (non-hydrogen) atoms. The summed E-state index contributed by atoms with van der Waals surface area (Å²) in [4.78, 5) is 41.1. The number of hydrogen-bond acceptors (Lipinski definition) is 6. The van der Waals surface area contributed by atoms with E-state index in [0.29, 0.717) is 17.0 Å². The molecule has 0 radical (unpaired) electrons. The van der Waals surface area contributed by atoms with E-state index in [9.17, 15) is 14.4 Å². The second-order valence-electron chi connectivity index (χ2n) is 5.60. The van der Waals surface area contributed by atoms with Crippen molar-refractivity contribution in [1.29, 1.82) is 0 Å². The molecule has 1 aliphatic heterocycles. The molecule has 1 aromatic heterocycles. The number of aromatic nitrogens is 2. The highest BCUT2D eigenvalue weighted by molar-refractivity contribution is 5.81. The Morgan fingerprint density at radius 1 is 1.12 bits per heavy atom. The lowest BCUT2D eigenvalue weighted by Gasteiger charge is -2.33. The SMILES string of the molecule is C=C1Nc2[nH]c(=O)[nH]c(=O)c2[C@H](c2ccc(OC)cc2)[C@H]1C(=O)OC. The normalized spacial score (nSPS) is 18.9. The number of carbonyl (C=O) groups is 1. The number of aromatic amines is 2. The molecule has 0 aliphatic carbocycles. The highest BCUT2D eigenvalue weighted by Gasteiger charge is 2.41. The largest absolute Gasteiger partial charge is 0.497 e. The van der Waals surface area contributed by atoms with Crippen molar-refractivity contribution in [1.82, 2.24) is 9.97 Å². The van der Waals surface area contributed by atoms with Crippen molar-refractivity contribution < 1.29 is 14.3 Å². The molecule has 8 heteroatoms. The van der Waals surface area contributed by atoms with Crippen LogP contribution in [0.25, 0.3) is 0 Å². The molecule has 0 spiro atoms. The number of fused-ring (bicyclic) bond motifs is 1. The van der Waals surface area contributed by atoms with E-state index in [1.807, 2.05) is 0 Å². The zero-order valence-electron chi connectivity index (χ0n) is 13.7. The molecule has 0 fully saturated rings. The smallest absolute Gasteiger partial charge is 0.327 e. The van der Waals surface area contributed by atoms with Crippen molar-refractivity contribution in [3.05, 3.63) is 68.5 Å². The van der Waals surface area contributed by atoms with Crippen LogP contribution in [0.5, 0.6) is 5.75 Å². The van der Waals surface area contributed by atoms with Crippen LogP contribution in [0.15, 0.2) is 46.1 Å². The van der Waals surface area contributed by atoms with Crippen molar-refractivity contribution in [2.75, 3.05) is 19.5 Å². The van der Waals surface area contributed by atoms with Crippen molar-refractivity contribution in [2.45, 2.75) is 5.92 Å². The Hall–Kier alpha value is -3.29. The van der Waals surface area contributed by atoms with Crippen LogP contribution in [-0.4, -0.2) is 30.2 Å². The lowest BCUT2D eigenvalue weighted by molar-refractivity contribution is -0.144. The van der Waals surface area contributed by atoms with Gasteiger partial charge >= 0.3 is 11.7 Å². The predicted molar refractivity (Wildman–Crippen MR) is 90.8 cm³/mol. The van der Waals surface area contributed by atoms with Crippen LogP contribution >= 0.6 is 0 Å². The first-order chi connectivity index (χ1) is 12.0. The maximum absolute atomic E-state index is 12.4. The van der Waals surface area contributed by atoms with Crippen molar-refractivity contribution in [2.24, 2.45) is 5.92 Å². The van der Waals surface area contributed by atoms with E-state index in [1.165, 1.54) is 7.11 Å². The van der Waals surface area contributed by atoms with Gasteiger partial charge in [-0.05, 0) is 17.7 Å². The van der Waals surface area contributed by atoms with Crippen LogP contribution in [0.4, 0.5) is 5.82 Å². The molecule has 2 atom stereocenters. The minimum Gasteiger partial charge on any atom is -0.497 e. The number of esters is 1. The molecule has 0 saturated carbocycles. The highest BCUT2D eigenvalue weighted by atomic mass is 16.5. The molecule has 1 aliphatic rings. The monoisotopic (exact) mass is 343 g/mol. The molecule has 130 valence electrons. The first kappa shape index (κ1) is 16.6. The van der Waals surface area contributed by atoms with Gasteiger partial charge < -0.3 is 14.8 Å². The van der Waals surface area contributed by atoms with Gasteiger partial charge in [-0.15, -0.1) is 0 Å². The molecule has 0 saturated heterocycles. The molecule has 1 aromatic carbocycles. The molecule has 3 rings (SSSR count). The summed E-state index contributed by atoms with van der Waals surface area (Å²) in [7, 11) is 2.82. The summed E-state index contributed by atoms with van der Waals surface area (Å²) >= 11 is 0. The topological polar surface area (TPSA) is 113 Å². The Kier molecular flexibility index (Phi) is 4.18. The van der Waals surface area contributed by atoms with E-state index in [4.69, 9.17) is 9.47 Å². The van der Waals surface area contributed by atoms with Crippen molar-refractivity contribution >= 4 is 11.8 Å². The molecule has 0 amide bonds. The number of anilines is 1. The predicted octanol–water partition coefficient (Wildman–Crippen LogP) is 0.932. The van der Waals surface area contributed by atoms with Gasteiger partial charge in [0.15, 0.2) is 0 Å². The van der Waals surface area contributed by atoms with Crippen molar-refractivity contribution in [3.8, 4) is 5.75 Å². The molecular formula is C17H17N3O5. The first-order valence-electron chi connectivity index (χ1n) is 7.50. The molecule has 0 unspecified atom stereocenters. The molecular weight excluding hydrogens is 326 g/mol. The van der Waals surface area contributed by atoms with Crippen LogP contribution in [-0.2, 0) is 9.53 Å². The summed E-state index contributed by atoms with van der Waals surface area (Å²) in [6, 6.07) is 6.97. The fourth-order valence-corrected chi connectivity index (χ4v) is 3.07. The van der Waals surface area contributed by atoms with Crippen LogP contribution in [0.3, 0.4) is 0 Å². The summed E-state index contributed by atoms with van der Waals surface area (Å²) in [5.74, 6) is -1.16. The Labute approximate surface area is 142 Å². The summed E-state index contributed by atoms with van der Waals surface area (Å²) in [5.41, 5.74) is 0.0501. The second kappa shape index (κ2) is 6.31. The molecule has 2 heterocycles. The zero-order chi connectivity index (χ0) is 18.1. The van der Waals surface area contributed by atoms with E-state index < -0.39 is 29.1 Å². The number of rotatable bonds is 3. The zero-order valence-corrected chi connectivity index (χ0v) is 13.7. The number of ether oxygens (including phenoxy) is 2. The fraction of sp³-hybridized carbons (Fsp3) is 0.235. The number of carbonyl (C=O) groups excluding carboxylic acids is 1. The van der Waals surface area contributed by atoms with Crippen LogP contribution in [0.2, 0.25) is 0 Å². The third kappa shape index (κ3) is 2.82. The maximum Gasteiger partial charge on any atom is 0.327 e. The Balaban J connectivity index is 2.25. The summed E-state index contributed by atoms with van der Waals surface area (Å²) in [5, 5.41) is 2.83. The van der Waals surface area contributed by atoms with E-state index in [0.717, 1.165) is 0 Å². The second-order valence-corrected chi connectivity index (χ2v) is 5.60. The third-order valence-corrected chi connectivity index (χ3v) is 4.21. The molecule has 0 bridgehead atoms. The van der Waals surface area contributed by atoms with Gasteiger partial charge in [0.25, 0.3) is 5.56 Å². The highest BCUT2D eigenvalue weighted by Crippen LogP contribution is 2.41. The van der Waals surface area contributed by atoms with E-state index in [1.54, 1.807) is 31.4 Å². The van der Waals surface area contributed by atoms with E-state index in [-0.39, 0.29) is 11.4 Å². The number of H-pyrrole nitrogens is 2. The van der Waals surface area contributed by atoms with Crippen LogP contribution in [0.1, 0.15) is 17.0 Å². The quantitative estimate of drug-likeness (QED) is 0.715. The average Bonchev–Trinajstić information content (AvgIpc) is 2.59. The first-order valence-corrected chi connectivity index (χ1v) is 7.50. The van der Waals surface area contributed by atoms with Gasteiger partial charge in [0, 0.05) is 11.6 Å². The minimum atomic E-state index is -0.821. The number of hydrogen-bond donors (Lipinski definition) is 3. The summed E-state index contributed by atoms with van der Waals surface area (Å²) in [6.07, 6.45) is 0. The van der Waals surface area contributed by atoms with Gasteiger partial charge in [-0.1, -0.05) is 18.7 Å². The average molecular weight is 343 g/mol. The van der Waals surface area contributed by atoms with Crippen LogP contribution in [0, 0.1) is 5.92 Å². The molecule has 3 N–H and O–H groups in total. The van der Waals surface area contributed by atoms with Gasteiger partial charge in [0.1, 0.15) is 17.5 Å². The van der Waals surface area contributed by atoms with Gasteiger partial charge in [-0.2, -0.15) is 0 Å². The molecule has 2 aromatic rings. The Bertz CT molecular complexity index is 942.